The zero-order valence-electron chi connectivity index (χ0n) is 8.21. The molecule has 0 aromatic heterocycles. The maximum atomic E-state index is 4.63. The van der Waals surface area contributed by atoms with Crippen LogP contribution < -0.4 is 10.6 Å². The van der Waals surface area contributed by atoms with Crippen molar-refractivity contribution in [3.8, 4) is 0 Å². The highest BCUT2D eigenvalue weighted by Gasteiger charge is 2.13. The summed E-state index contributed by atoms with van der Waals surface area (Å²) in [6.07, 6.45) is 2.43. The van der Waals surface area contributed by atoms with Crippen LogP contribution in [0.1, 0.15) is 12.8 Å². The van der Waals surface area contributed by atoms with E-state index in [1.807, 2.05) is 7.05 Å². The second-order valence-corrected chi connectivity index (χ2v) is 3.54. The van der Waals surface area contributed by atoms with Gasteiger partial charge in [0, 0.05) is 19.1 Å². The Hall–Kier alpha value is -0.120. The molecule has 1 aliphatic rings. The highest BCUT2D eigenvalue weighted by molar-refractivity contribution is 4.73. The zero-order chi connectivity index (χ0) is 8.81. The molecule has 0 aromatic rings. The number of rotatable bonds is 3. The van der Waals surface area contributed by atoms with Gasteiger partial charge >= 0.3 is 0 Å². The SMILES string of the molecule is CNCCC1CCN(C)CC[N]1. The van der Waals surface area contributed by atoms with E-state index in [2.05, 4.69) is 22.6 Å². The highest BCUT2D eigenvalue weighted by Crippen LogP contribution is 2.03. The third-order valence-electron chi connectivity index (χ3n) is 2.44. The van der Waals surface area contributed by atoms with Crippen LogP contribution in [0.2, 0.25) is 0 Å². The molecule has 1 radical (unpaired) electrons. The molecule has 0 aliphatic carbocycles. The van der Waals surface area contributed by atoms with Crippen LogP contribution >= 0.6 is 0 Å². The van der Waals surface area contributed by atoms with E-state index in [0.29, 0.717) is 6.04 Å². The van der Waals surface area contributed by atoms with E-state index >= 15 is 0 Å². The van der Waals surface area contributed by atoms with Gasteiger partial charge in [-0.15, -0.1) is 0 Å². The molecule has 3 nitrogen and oxygen atoms in total. The average molecular weight is 170 g/mol. The standard InChI is InChI=1S/C9H20N3/c1-10-5-3-9-4-7-12(2)8-6-11-9/h9-10H,3-8H2,1-2H3. The van der Waals surface area contributed by atoms with Crippen molar-refractivity contribution in [1.29, 1.82) is 0 Å². The number of likely N-dealkylation sites (N-methyl/N-ethyl adjacent to an activating group) is 1. The molecule has 1 unspecified atom stereocenters. The molecule has 1 saturated heterocycles. The summed E-state index contributed by atoms with van der Waals surface area (Å²) in [6, 6.07) is 0.599. The molecule has 1 rings (SSSR count). The summed E-state index contributed by atoms with van der Waals surface area (Å²) in [6.45, 7) is 4.46. The lowest BCUT2D eigenvalue weighted by Crippen LogP contribution is -2.26. The van der Waals surface area contributed by atoms with E-state index in [-0.39, 0.29) is 0 Å². The maximum absolute atomic E-state index is 4.63. The first-order valence-corrected chi connectivity index (χ1v) is 4.82. The van der Waals surface area contributed by atoms with Crippen LogP contribution in [0.15, 0.2) is 0 Å². The molecule has 1 atom stereocenters. The predicted octanol–water partition coefficient (Wildman–Crippen LogP) is -0.0956. The summed E-state index contributed by atoms with van der Waals surface area (Å²) in [5, 5.41) is 7.80. The first kappa shape index (κ1) is 9.96. The van der Waals surface area contributed by atoms with Gasteiger partial charge in [0.2, 0.25) is 0 Å². The number of hydrogen-bond donors (Lipinski definition) is 1. The van der Waals surface area contributed by atoms with Crippen LogP contribution in [0.4, 0.5) is 0 Å². The van der Waals surface area contributed by atoms with E-state index in [9.17, 15) is 0 Å². The fourth-order valence-electron chi connectivity index (χ4n) is 1.53. The molecule has 1 aliphatic heterocycles. The normalized spacial score (nSPS) is 27.0. The van der Waals surface area contributed by atoms with Gasteiger partial charge in [-0.25, -0.2) is 5.32 Å². The summed E-state index contributed by atoms with van der Waals surface area (Å²) in [5.74, 6) is 0. The lowest BCUT2D eigenvalue weighted by atomic mass is 10.1. The lowest BCUT2D eigenvalue weighted by Gasteiger charge is -2.13. The van der Waals surface area contributed by atoms with Crippen LogP contribution in [0.3, 0.4) is 0 Å². The summed E-state index contributed by atoms with van der Waals surface area (Å²) in [7, 11) is 4.18. The van der Waals surface area contributed by atoms with Crippen LogP contribution in [0.25, 0.3) is 0 Å². The van der Waals surface area contributed by atoms with Gasteiger partial charge in [-0.05, 0) is 40.0 Å². The number of hydrogen-bond acceptors (Lipinski definition) is 2. The molecule has 0 amide bonds. The minimum atomic E-state index is 0.599. The Morgan fingerprint density at radius 1 is 1.50 bits per heavy atom. The summed E-state index contributed by atoms with van der Waals surface area (Å²) < 4.78 is 0. The Bertz CT molecular complexity index is 114. The fourth-order valence-corrected chi connectivity index (χ4v) is 1.53. The molecular formula is C9H20N3. The Kier molecular flexibility index (Phi) is 4.58. The topological polar surface area (TPSA) is 29.4 Å². The first-order valence-electron chi connectivity index (χ1n) is 4.82. The second-order valence-electron chi connectivity index (χ2n) is 3.54. The number of nitrogens with zero attached hydrogens (tertiary/aromatic N) is 2. The molecule has 3 heteroatoms. The summed E-state index contributed by atoms with van der Waals surface area (Å²) in [4.78, 5) is 2.36. The van der Waals surface area contributed by atoms with Crippen molar-refractivity contribution < 1.29 is 0 Å². The minimum Gasteiger partial charge on any atom is -0.320 e. The molecule has 1 N–H and O–H groups in total. The first-order chi connectivity index (χ1) is 5.83. The molecule has 0 spiro atoms. The van der Waals surface area contributed by atoms with Gasteiger partial charge in [-0.3, -0.25) is 0 Å². The van der Waals surface area contributed by atoms with Crippen LogP contribution in [0, 0.1) is 0 Å². The van der Waals surface area contributed by atoms with Crippen molar-refractivity contribution in [2.24, 2.45) is 0 Å². The Morgan fingerprint density at radius 3 is 3.08 bits per heavy atom. The Labute approximate surface area is 75.5 Å². The molecule has 0 aromatic carbocycles. The van der Waals surface area contributed by atoms with Gasteiger partial charge in [-0.1, -0.05) is 0 Å². The van der Waals surface area contributed by atoms with E-state index < -0.39 is 0 Å². The maximum Gasteiger partial charge on any atom is 0.0270 e. The molecule has 71 valence electrons. The zero-order valence-corrected chi connectivity index (χ0v) is 8.21. The van der Waals surface area contributed by atoms with Crippen molar-refractivity contribution >= 4 is 0 Å². The van der Waals surface area contributed by atoms with E-state index in [1.165, 1.54) is 19.4 Å². The van der Waals surface area contributed by atoms with Gasteiger partial charge in [0.15, 0.2) is 0 Å². The predicted molar refractivity (Wildman–Crippen MR) is 51.4 cm³/mol. The third-order valence-corrected chi connectivity index (χ3v) is 2.44. The molecular weight excluding hydrogens is 150 g/mol. The third kappa shape index (κ3) is 3.52. The van der Waals surface area contributed by atoms with Crippen LogP contribution in [0.5, 0.6) is 0 Å². The van der Waals surface area contributed by atoms with Gasteiger partial charge in [0.25, 0.3) is 0 Å². The largest absolute Gasteiger partial charge is 0.320 e. The molecule has 12 heavy (non-hydrogen) atoms. The number of nitrogens with one attached hydrogen (secondary N) is 1. The molecule has 1 fully saturated rings. The lowest BCUT2D eigenvalue weighted by molar-refractivity contribution is 0.353. The monoisotopic (exact) mass is 170 g/mol. The van der Waals surface area contributed by atoms with Crippen LogP contribution in [-0.2, 0) is 0 Å². The van der Waals surface area contributed by atoms with Crippen molar-refractivity contribution in [2.75, 3.05) is 40.3 Å². The molecule has 0 saturated carbocycles. The van der Waals surface area contributed by atoms with Gasteiger partial charge in [0.05, 0.1) is 0 Å². The fraction of sp³-hybridized carbons (Fsp3) is 1.00. The minimum absolute atomic E-state index is 0.599. The van der Waals surface area contributed by atoms with Gasteiger partial charge in [-0.2, -0.15) is 0 Å². The van der Waals surface area contributed by atoms with Gasteiger partial charge < -0.3 is 10.2 Å². The average Bonchev–Trinajstić information content (AvgIpc) is 2.27. The van der Waals surface area contributed by atoms with Gasteiger partial charge in [0.1, 0.15) is 0 Å². The van der Waals surface area contributed by atoms with E-state index in [0.717, 1.165) is 19.6 Å². The Morgan fingerprint density at radius 2 is 2.33 bits per heavy atom. The van der Waals surface area contributed by atoms with Crippen molar-refractivity contribution in [1.82, 2.24) is 15.5 Å². The molecule has 1 heterocycles. The van der Waals surface area contributed by atoms with Crippen molar-refractivity contribution in [3.63, 3.8) is 0 Å². The quantitative estimate of drug-likeness (QED) is 0.641. The molecule has 0 bridgehead atoms. The summed E-state index contributed by atoms with van der Waals surface area (Å²) in [5.41, 5.74) is 0. The van der Waals surface area contributed by atoms with E-state index in [1.54, 1.807) is 0 Å². The Balaban J connectivity index is 2.17. The second kappa shape index (κ2) is 5.51. The summed E-state index contributed by atoms with van der Waals surface area (Å²) >= 11 is 0. The van der Waals surface area contributed by atoms with Crippen molar-refractivity contribution in [2.45, 2.75) is 18.9 Å². The van der Waals surface area contributed by atoms with Crippen LogP contribution in [-0.4, -0.2) is 51.2 Å². The van der Waals surface area contributed by atoms with E-state index in [4.69, 9.17) is 0 Å². The smallest absolute Gasteiger partial charge is 0.0270 e. The van der Waals surface area contributed by atoms with Crippen molar-refractivity contribution in [3.05, 3.63) is 0 Å². The highest BCUT2D eigenvalue weighted by atomic mass is 15.1.